The average Bonchev–Trinajstić information content (AvgIpc) is 3.70. The van der Waals surface area contributed by atoms with Gasteiger partial charge >= 0.3 is 0 Å². The van der Waals surface area contributed by atoms with E-state index in [1.54, 1.807) is 11.3 Å². The summed E-state index contributed by atoms with van der Waals surface area (Å²) in [5.41, 5.74) is 7.23. The van der Waals surface area contributed by atoms with Crippen molar-refractivity contribution in [2.75, 3.05) is 4.90 Å². The van der Waals surface area contributed by atoms with Crippen LogP contribution in [0, 0.1) is 0 Å². The SMILES string of the molecule is [2H]c1cc(-c2ccccc2)c(-c2cccc3c2oc2ccccc23)c([2H])c1N(c1ccccc1)c1cccc2c1sc1ccccc12. The minimum atomic E-state index is 0.270. The molecule has 9 aromatic rings. The fourth-order valence-electron chi connectivity index (χ4n) is 6.43. The van der Waals surface area contributed by atoms with E-state index in [1.165, 1.54) is 10.1 Å². The summed E-state index contributed by atoms with van der Waals surface area (Å²) in [6, 6.07) is 51.7. The maximum Gasteiger partial charge on any atom is 0.143 e. The zero-order chi connectivity index (χ0) is 31.5. The standard InChI is InChI=1S/C42H27NOS/c1-3-13-28(14-4-1)31-26-25-30(27-37(31)35-20-11-19-34-32-17-7-9-23-39(32)44-41(34)35)43(29-15-5-2-6-16-29)38-22-12-21-36-33-18-8-10-24-40(33)45-42(36)38/h1-27H/i25D,27D. The van der Waals surface area contributed by atoms with Crippen molar-refractivity contribution < 1.29 is 7.16 Å². The molecule has 0 radical (unpaired) electrons. The summed E-state index contributed by atoms with van der Waals surface area (Å²) in [6.45, 7) is 0. The Labute approximate surface area is 267 Å². The monoisotopic (exact) mass is 595 g/mol. The number of furan rings is 1. The van der Waals surface area contributed by atoms with Crippen LogP contribution in [0.5, 0.6) is 0 Å². The van der Waals surface area contributed by atoms with Gasteiger partial charge in [0.25, 0.3) is 0 Å². The van der Waals surface area contributed by atoms with Crippen LogP contribution in [0.2, 0.25) is 0 Å². The fraction of sp³-hybridized carbons (Fsp3) is 0. The summed E-state index contributed by atoms with van der Waals surface area (Å²) in [7, 11) is 0. The Bertz CT molecular complexity index is 2610. The molecule has 45 heavy (non-hydrogen) atoms. The molecule has 0 N–H and O–H groups in total. The Balaban J connectivity index is 1.39. The fourth-order valence-corrected chi connectivity index (χ4v) is 7.64. The molecule has 2 heterocycles. The molecule has 2 nitrogen and oxygen atoms in total. The quantitative estimate of drug-likeness (QED) is 0.197. The maximum atomic E-state index is 10.1. The maximum absolute atomic E-state index is 10.1. The lowest BCUT2D eigenvalue weighted by molar-refractivity contribution is 0.670. The van der Waals surface area contributed by atoms with Crippen LogP contribution in [0.1, 0.15) is 2.74 Å². The number of nitrogens with zero attached hydrogens (tertiary/aromatic N) is 1. The number of hydrogen-bond acceptors (Lipinski definition) is 3. The molecule has 0 aliphatic heterocycles. The molecular formula is C42H27NOS. The second-order valence-corrected chi connectivity index (χ2v) is 12.2. The van der Waals surface area contributed by atoms with Crippen LogP contribution in [0.3, 0.4) is 0 Å². The van der Waals surface area contributed by atoms with Crippen LogP contribution in [0.15, 0.2) is 168 Å². The van der Waals surface area contributed by atoms with E-state index in [9.17, 15) is 2.74 Å². The van der Waals surface area contributed by atoms with Gasteiger partial charge in [0.1, 0.15) is 11.2 Å². The van der Waals surface area contributed by atoms with Crippen LogP contribution in [-0.4, -0.2) is 0 Å². The molecule has 0 spiro atoms. The minimum Gasteiger partial charge on any atom is -0.455 e. The third-order valence-electron chi connectivity index (χ3n) is 8.49. The van der Waals surface area contributed by atoms with Gasteiger partial charge in [-0.15, -0.1) is 11.3 Å². The van der Waals surface area contributed by atoms with Crippen molar-refractivity contribution in [1.29, 1.82) is 0 Å². The van der Waals surface area contributed by atoms with Gasteiger partial charge in [0, 0.05) is 43.2 Å². The molecule has 0 aliphatic rings. The summed E-state index contributed by atoms with van der Waals surface area (Å²) in [6.07, 6.45) is 0. The normalized spacial score (nSPS) is 12.2. The second-order valence-electron chi connectivity index (χ2n) is 11.1. The van der Waals surface area contributed by atoms with Gasteiger partial charge in [-0.05, 0) is 59.1 Å². The summed E-state index contributed by atoms with van der Waals surface area (Å²) in [4.78, 5) is 2.10. The highest BCUT2D eigenvalue weighted by atomic mass is 32.1. The molecular weight excluding hydrogens is 567 g/mol. The third-order valence-corrected chi connectivity index (χ3v) is 9.70. The minimum absolute atomic E-state index is 0.270. The Hall–Kier alpha value is -5.64. The van der Waals surface area contributed by atoms with Crippen molar-refractivity contribution in [2.45, 2.75) is 0 Å². The van der Waals surface area contributed by atoms with Crippen LogP contribution in [0.25, 0.3) is 64.4 Å². The lowest BCUT2D eigenvalue weighted by atomic mass is 9.92. The van der Waals surface area contributed by atoms with Gasteiger partial charge in [-0.3, -0.25) is 0 Å². The highest BCUT2D eigenvalue weighted by Crippen LogP contribution is 2.47. The molecule has 0 atom stereocenters. The van der Waals surface area contributed by atoms with E-state index >= 15 is 0 Å². The van der Waals surface area contributed by atoms with Crippen molar-refractivity contribution in [3.63, 3.8) is 0 Å². The number of hydrogen-bond donors (Lipinski definition) is 0. The molecule has 9 rings (SSSR count). The summed E-state index contributed by atoms with van der Waals surface area (Å²) >= 11 is 1.74. The van der Waals surface area contributed by atoms with Crippen LogP contribution < -0.4 is 4.90 Å². The van der Waals surface area contributed by atoms with Crippen molar-refractivity contribution in [2.24, 2.45) is 0 Å². The number of fused-ring (bicyclic) bond motifs is 6. The first-order chi connectivity index (χ1) is 23.2. The molecule has 0 aliphatic carbocycles. The molecule has 0 amide bonds. The summed E-state index contributed by atoms with van der Waals surface area (Å²) in [5.74, 6) is 0. The van der Waals surface area contributed by atoms with E-state index < -0.39 is 0 Å². The predicted molar refractivity (Wildman–Crippen MR) is 192 cm³/mol. The number of benzene rings is 7. The van der Waals surface area contributed by atoms with Gasteiger partial charge in [0.15, 0.2) is 0 Å². The average molecular weight is 596 g/mol. The number of para-hydroxylation sites is 3. The first-order valence-corrected chi connectivity index (χ1v) is 15.8. The number of thiophene rings is 1. The largest absolute Gasteiger partial charge is 0.455 e. The topological polar surface area (TPSA) is 16.4 Å². The molecule has 0 fully saturated rings. The molecule has 0 saturated heterocycles. The number of anilines is 3. The third kappa shape index (κ3) is 4.24. The van der Waals surface area contributed by atoms with Crippen LogP contribution in [0.4, 0.5) is 17.1 Å². The Morgan fingerprint density at radius 1 is 0.511 bits per heavy atom. The Morgan fingerprint density at radius 2 is 1.20 bits per heavy atom. The molecule has 0 unspecified atom stereocenters. The van der Waals surface area contributed by atoms with Crippen molar-refractivity contribution >= 4 is 70.5 Å². The van der Waals surface area contributed by atoms with Gasteiger partial charge in [-0.25, -0.2) is 0 Å². The molecule has 0 saturated carbocycles. The van der Waals surface area contributed by atoms with Crippen LogP contribution in [-0.2, 0) is 0 Å². The van der Waals surface area contributed by atoms with Crippen molar-refractivity contribution in [1.82, 2.24) is 0 Å². The smallest absolute Gasteiger partial charge is 0.143 e. The molecule has 212 valence electrons. The second kappa shape index (κ2) is 10.5. The van der Waals surface area contributed by atoms with E-state index in [-0.39, 0.29) is 12.1 Å². The highest BCUT2D eigenvalue weighted by Gasteiger charge is 2.21. The number of rotatable bonds is 5. The van der Waals surface area contributed by atoms with Gasteiger partial charge < -0.3 is 9.32 Å². The zero-order valence-corrected chi connectivity index (χ0v) is 25.0. The summed E-state index contributed by atoms with van der Waals surface area (Å²) in [5, 5.41) is 4.41. The molecule has 7 aromatic carbocycles. The van der Waals surface area contributed by atoms with Crippen LogP contribution >= 0.6 is 11.3 Å². The van der Waals surface area contributed by atoms with E-state index in [0.717, 1.165) is 65.7 Å². The van der Waals surface area contributed by atoms with Crippen molar-refractivity contribution in [3.05, 3.63) is 164 Å². The van der Waals surface area contributed by atoms with E-state index in [1.807, 2.05) is 84.9 Å². The van der Waals surface area contributed by atoms with Gasteiger partial charge in [0.05, 0.1) is 13.1 Å². The van der Waals surface area contributed by atoms with E-state index in [0.29, 0.717) is 5.69 Å². The van der Waals surface area contributed by atoms with E-state index in [2.05, 4.69) is 71.6 Å². The predicted octanol–water partition coefficient (Wildman–Crippen LogP) is 12.8. The van der Waals surface area contributed by atoms with Crippen molar-refractivity contribution in [3.8, 4) is 22.3 Å². The highest BCUT2D eigenvalue weighted by molar-refractivity contribution is 7.26. The first kappa shape index (κ1) is 23.8. The molecule has 2 aromatic heterocycles. The molecule has 0 bridgehead atoms. The van der Waals surface area contributed by atoms with E-state index in [4.69, 9.17) is 4.42 Å². The Morgan fingerprint density at radius 3 is 2.07 bits per heavy atom. The van der Waals surface area contributed by atoms with Gasteiger partial charge in [-0.2, -0.15) is 0 Å². The Kier molecular flexibility index (Phi) is 5.55. The van der Waals surface area contributed by atoms with Gasteiger partial charge in [-0.1, -0.05) is 121 Å². The lowest BCUT2D eigenvalue weighted by Crippen LogP contribution is -2.10. The zero-order valence-electron chi connectivity index (χ0n) is 26.2. The summed E-state index contributed by atoms with van der Waals surface area (Å²) < 4.78 is 28.5. The first-order valence-electron chi connectivity index (χ1n) is 16.0. The molecule has 3 heteroatoms. The van der Waals surface area contributed by atoms with Gasteiger partial charge in [0.2, 0.25) is 0 Å². The lowest BCUT2D eigenvalue weighted by Gasteiger charge is -2.27.